The van der Waals surface area contributed by atoms with Crippen molar-refractivity contribution >= 4 is 18.0 Å². The molecule has 4 atom stereocenters. The Bertz CT molecular complexity index is 1290. The molecule has 1 aromatic carbocycles. The van der Waals surface area contributed by atoms with Gasteiger partial charge in [-0.2, -0.15) is 18.3 Å². The molecule has 0 unspecified atom stereocenters. The van der Waals surface area contributed by atoms with E-state index in [1.165, 1.54) is 18.2 Å². The van der Waals surface area contributed by atoms with Gasteiger partial charge in [0, 0.05) is 23.2 Å². The molecule has 5 rings (SSSR count). The Morgan fingerprint density at radius 2 is 1.86 bits per heavy atom. The van der Waals surface area contributed by atoms with Crippen LogP contribution >= 0.6 is 0 Å². The van der Waals surface area contributed by atoms with E-state index in [1.54, 1.807) is 29.9 Å². The Balaban J connectivity index is 1.63. The topological polar surface area (TPSA) is 98.1 Å². The summed E-state index contributed by atoms with van der Waals surface area (Å²) in [5, 5.41) is 28.2. The standard InChI is InChI=1S/C25H22F4N2O4/c1-23-11-13-12-30-31(16-5-3-15(26)4-6-16)20(13)10-14(23)2-7-18-17(23)8-9-19(21(32)33)24(18,22(34)35)25(27,28)29/h3-6,8,10,12,18-19H,2,7,9,11H2,1H3,(H,32,33)(H,34,35)/p-2/t18-,19-,23-,24+/m0/s1. The first-order chi connectivity index (χ1) is 16.4. The van der Waals surface area contributed by atoms with Gasteiger partial charge in [0.05, 0.1) is 23.5 Å². The van der Waals surface area contributed by atoms with Crippen molar-refractivity contribution in [3.8, 4) is 5.69 Å². The average Bonchev–Trinajstić information content (AvgIpc) is 3.17. The van der Waals surface area contributed by atoms with E-state index < -0.39 is 53.0 Å². The van der Waals surface area contributed by atoms with Crippen LogP contribution in [0.3, 0.4) is 0 Å². The highest BCUT2D eigenvalue weighted by atomic mass is 19.4. The minimum absolute atomic E-state index is 0.136. The molecule has 35 heavy (non-hydrogen) atoms. The molecule has 0 saturated heterocycles. The van der Waals surface area contributed by atoms with E-state index in [0.29, 0.717) is 11.4 Å². The highest BCUT2D eigenvalue weighted by Gasteiger charge is 2.68. The van der Waals surface area contributed by atoms with E-state index in [4.69, 9.17) is 0 Å². The van der Waals surface area contributed by atoms with Crippen LogP contribution in [0.4, 0.5) is 17.6 Å². The molecule has 0 bridgehead atoms. The molecular weight excluding hydrogens is 468 g/mol. The zero-order valence-electron chi connectivity index (χ0n) is 18.6. The minimum atomic E-state index is -5.36. The predicted molar refractivity (Wildman–Crippen MR) is 111 cm³/mol. The fraction of sp³-hybridized carbons (Fsp3) is 0.400. The number of carboxylic acid groups (broad SMARTS) is 2. The van der Waals surface area contributed by atoms with Crippen molar-refractivity contribution < 1.29 is 37.4 Å². The number of aromatic nitrogens is 2. The summed E-state index contributed by atoms with van der Waals surface area (Å²) in [5.74, 6) is -8.78. The molecular formula is C25H20F4N2O4-2. The van der Waals surface area contributed by atoms with Crippen LogP contribution in [-0.2, 0) is 16.0 Å². The van der Waals surface area contributed by atoms with Crippen molar-refractivity contribution in [2.45, 2.75) is 38.8 Å². The van der Waals surface area contributed by atoms with Gasteiger partial charge in [0.1, 0.15) is 11.2 Å². The summed E-state index contributed by atoms with van der Waals surface area (Å²) in [7, 11) is 0. The average molecular weight is 488 g/mol. The maximum absolute atomic E-state index is 14.4. The SMILES string of the molecule is C[C@]12Cc3cnn(-c4ccc(F)cc4)c3C=C1CC[C@H]1C2=CC[C@@H](C(=O)[O-])[C@]1(C(=O)[O-])C(F)(F)F. The first-order valence-electron chi connectivity index (χ1n) is 11.1. The Hall–Kier alpha value is -3.43. The fourth-order valence-corrected chi connectivity index (χ4v) is 6.36. The molecule has 0 aliphatic heterocycles. The summed E-state index contributed by atoms with van der Waals surface area (Å²) in [6, 6.07) is 5.72. The van der Waals surface area contributed by atoms with Crippen LogP contribution in [0.15, 0.2) is 47.7 Å². The lowest BCUT2D eigenvalue weighted by Gasteiger charge is -2.57. The van der Waals surface area contributed by atoms with Gasteiger partial charge in [-0.05, 0) is 61.6 Å². The largest absolute Gasteiger partial charge is 0.550 e. The third-order valence-corrected chi connectivity index (χ3v) is 8.00. The number of alkyl halides is 3. The lowest BCUT2D eigenvalue weighted by molar-refractivity contribution is -0.368. The summed E-state index contributed by atoms with van der Waals surface area (Å²) in [6.07, 6.45) is -0.912. The Morgan fingerprint density at radius 1 is 1.17 bits per heavy atom. The summed E-state index contributed by atoms with van der Waals surface area (Å²) in [6.45, 7) is 1.75. The van der Waals surface area contributed by atoms with Crippen LogP contribution in [0.2, 0.25) is 0 Å². The molecule has 6 nitrogen and oxygen atoms in total. The van der Waals surface area contributed by atoms with Gasteiger partial charge in [-0.25, -0.2) is 9.07 Å². The van der Waals surface area contributed by atoms with Gasteiger partial charge in [-0.1, -0.05) is 24.1 Å². The van der Waals surface area contributed by atoms with E-state index in [0.717, 1.165) is 11.1 Å². The fourth-order valence-electron chi connectivity index (χ4n) is 6.36. The van der Waals surface area contributed by atoms with Gasteiger partial charge in [-0.3, -0.25) is 0 Å². The highest BCUT2D eigenvalue weighted by Crippen LogP contribution is 2.64. The second-order valence-corrected chi connectivity index (χ2v) is 9.63. The number of fused-ring (bicyclic) bond motifs is 4. The van der Waals surface area contributed by atoms with Crippen molar-refractivity contribution in [1.82, 2.24) is 9.78 Å². The van der Waals surface area contributed by atoms with Crippen LogP contribution in [0.1, 0.15) is 37.4 Å². The van der Waals surface area contributed by atoms with Crippen LogP contribution in [0.25, 0.3) is 11.8 Å². The Labute approximate surface area is 197 Å². The van der Waals surface area contributed by atoms with E-state index in [1.807, 2.05) is 6.08 Å². The Kier molecular flexibility index (Phi) is 5.02. The number of halogens is 4. The molecule has 0 N–H and O–H groups in total. The highest BCUT2D eigenvalue weighted by molar-refractivity contribution is 5.84. The van der Waals surface area contributed by atoms with Crippen molar-refractivity contribution in [3.63, 3.8) is 0 Å². The number of aliphatic carboxylic acids is 2. The number of carbonyl (C=O) groups is 2. The second-order valence-electron chi connectivity index (χ2n) is 9.63. The van der Waals surface area contributed by atoms with E-state index >= 15 is 0 Å². The van der Waals surface area contributed by atoms with Crippen LogP contribution < -0.4 is 10.2 Å². The normalized spacial score (nSPS) is 29.9. The third kappa shape index (κ3) is 3.11. The summed E-state index contributed by atoms with van der Waals surface area (Å²) >= 11 is 0. The van der Waals surface area contributed by atoms with Gasteiger partial charge in [0.25, 0.3) is 0 Å². The minimum Gasteiger partial charge on any atom is -0.550 e. The molecule has 0 radical (unpaired) electrons. The zero-order chi connectivity index (χ0) is 25.3. The number of hydrogen-bond donors (Lipinski definition) is 0. The predicted octanol–water partition coefficient (Wildman–Crippen LogP) is 2.36. The quantitative estimate of drug-likeness (QED) is 0.488. The van der Waals surface area contributed by atoms with Gasteiger partial charge in [0.15, 0.2) is 0 Å². The smallest absolute Gasteiger partial charge is 0.400 e. The van der Waals surface area contributed by atoms with Gasteiger partial charge >= 0.3 is 6.18 Å². The van der Waals surface area contributed by atoms with Crippen molar-refractivity contribution in [2.75, 3.05) is 0 Å². The number of nitrogens with zero attached hydrogens (tertiary/aromatic N) is 2. The van der Waals surface area contributed by atoms with Gasteiger partial charge < -0.3 is 19.8 Å². The molecule has 1 heterocycles. The van der Waals surface area contributed by atoms with Crippen LogP contribution in [0, 0.1) is 28.5 Å². The van der Waals surface area contributed by atoms with Crippen LogP contribution in [-0.4, -0.2) is 27.9 Å². The lowest BCUT2D eigenvalue weighted by Crippen LogP contribution is -2.66. The molecule has 10 heteroatoms. The van der Waals surface area contributed by atoms with Gasteiger partial charge in [0.2, 0.25) is 0 Å². The molecule has 3 aliphatic rings. The molecule has 1 fully saturated rings. The molecule has 1 saturated carbocycles. The van der Waals surface area contributed by atoms with E-state index in [9.17, 15) is 37.4 Å². The lowest BCUT2D eigenvalue weighted by atomic mass is 9.48. The summed E-state index contributed by atoms with van der Waals surface area (Å²) < 4.78 is 58.3. The molecule has 1 aromatic heterocycles. The van der Waals surface area contributed by atoms with Gasteiger partial charge in [-0.15, -0.1) is 0 Å². The van der Waals surface area contributed by atoms with Crippen molar-refractivity contribution in [3.05, 3.63) is 64.8 Å². The van der Waals surface area contributed by atoms with Crippen molar-refractivity contribution in [1.29, 1.82) is 0 Å². The Morgan fingerprint density at radius 3 is 2.46 bits per heavy atom. The number of hydrogen-bond acceptors (Lipinski definition) is 5. The number of carbonyl (C=O) groups excluding carboxylic acids is 2. The number of rotatable bonds is 3. The van der Waals surface area contributed by atoms with E-state index in [2.05, 4.69) is 5.10 Å². The van der Waals surface area contributed by atoms with Crippen LogP contribution in [0.5, 0.6) is 0 Å². The molecule has 0 spiro atoms. The molecule has 0 amide bonds. The molecule has 3 aliphatic carbocycles. The zero-order valence-corrected chi connectivity index (χ0v) is 18.6. The number of benzene rings is 1. The maximum Gasteiger partial charge on any atom is 0.400 e. The van der Waals surface area contributed by atoms with Crippen molar-refractivity contribution in [2.24, 2.45) is 22.7 Å². The molecule has 184 valence electrons. The monoisotopic (exact) mass is 488 g/mol. The number of allylic oxidation sites excluding steroid dienone is 3. The summed E-state index contributed by atoms with van der Waals surface area (Å²) in [4.78, 5) is 23.8. The number of carboxylic acids is 2. The third-order valence-electron chi connectivity index (χ3n) is 8.00. The first-order valence-corrected chi connectivity index (χ1v) is 11.1. The second kappa shape index (κ2) is 7.53. The molecule has 2 aromatic rings. The van der Waals surface area contributed by atoms with E-state index in [-0.39, 0.29) is 24.8 Å². The summed E-state index contributed by atoms with van der Waals surface area (Å²) in [5.41, 5.74) is -1.41. The first kappa shape index (κ1) is 23.3. The maximum atomic E-state index is 14.4.